The van der Waals surface area contributed by atoms with E-state index < -0.39 is 18.5 Å². The number of hydrogen-bond donors (Lipinski definition) is 2. The van der Waals surface area contributed by atoms with E-state index in [0.717, 1.165) is 0 Å². The van der Waals surface area contributed by atoms with E-state index >= 15 is 0 Å². The lowest BCUT2D eigenvalue weighted by atomic mass is 10.0. The van der Waals surface area contributed by atoms with Crippen LogP contribution in [-0.4, -0.2) is 22.3 Å². The van der Waals surface area contributed by atoms with Crippen molar-refractivity contribution in [2.45, 2.75) is 12.5 Å². The molecule has 2 N–H and O–H groups in total. The first-order chi connectivity index (χ1) is 7.38. The third-order valence-corrected chi connectivity index (χ3v) is 1.72. The summed E-state index contributed by atoms with van der Waals surface area (Å²) in [5.41, 5.74) is 0.266. The van der Waals surface area contributed by atoms with E-state index in [9.17, 15) is 13.6 Å². The number of benzene rings is 1. The summed E-state index contributed by atoms with van der Waals surface area (Å²) in [7, 11) is 0. The standard InChI is InChI=1S/C11H8F2O3/c12-11(13,16)7-9-4-2-1-3-8(9)5-6-10(14)15/h1-4,16H,7H2,(H,14,15). The van der Waals surface area contributed by atoms with Gasteiger partial charge in [0.1, 0.15) is 0 Å². The summed E-state index contributed by atoms with van der Waals surface area (Å²) in [5.74, 6) is 2.73. The van der Waals surface area contributed by atoms with E-state index in [1.165, 1.54) is 18.2 Å². The van der Waals surface area contributed by atoms with Gasteiger partial charge in [0, 0.05) is 11.5 Å². The molecule has 0 aromatic heterocycles. The van der Waals surface area contributed by atoms with Crippen molar-refractivity contribution in [1.29, 1.82) is 0 Å². The van der Waals surface area contributed by atoms with Gasteiger partial charge in [0.05, 0.1) is 6.42 Å². The Morgan fingerprint density at radius 3 is 2.56 bits per heavy atom. The van der Waals surface area contributed by atoms with Gasteiger partial charge in [-0.1, -0.05) is 24.1 Å². The molecule has 1 aromatic carbocycles. The fraction of sp³-hybridized carbons (Fsp3) is 0.182. The van der Waals surface area contributed by atoms with Crippen molar-refractivity contribution in [3.05, 3.63) is 35.4 Å². The molecule has 0 atom stereocenters. The molecule has 0 aliphatic heterocycles. The molecule has 16 heavy (non-hydrogen) atoms. The van der Waals surface area contributed by atoms with Crippen LogP contribution in [0.3, 0.4) is 0 Å². The third kappa shape index (κ3) is 4.07. The van der Waals surface area contributed by atoms with Crippen LogP contribution in [0.15, 0.2) is 24.3 Å². The smallest absolute Gasteiger partial charge is 0.382 e. The molecule has 84 valence electrons. The zero-order valence-corrected chi connectivity index (χ0v) is 8.08. The van der Waals surface area contributed by atoms with Gasteiger partial charge in [-0.2, -0.15) is 8.78 Å². The molecule has 0 bridgehead atoms. The maximum atomic E-state index is 12.4. The van der Waals surface area contributed by atoms with Crippen LogP contribution in [0.25, 0.3) is 0 Å². The Kier molecular flexibility index (Phi) is 3.59. The molecule has 1 rings (SSSR count). The predicted molar refractivity (Wildman–Crippen MR) is 51.8 cm³/mol. The fourth-order valence-electron chi connectivity index (χ4n) is 1.15. The number of halogens is 2. The van der Waals surface area contributed by atoms with E-state index in [-0.39, 0.29) is 11.1 Å². The number of rotatable bonds is 2. The lowest BCUT2D eigenvalue weighted by molar-refractivity contribution is -0.196. The largest absolute Gasteiger partial charge is 0.472 e. The van der Waals surface area contributed by atoms with Gasteiger partial charge in [0.15, 0.2) is 0 Å². The summed E-state index contributed by atoms with van der Waals surface area (Å²) in [6, 6.07) is 5.82. The number of aliphatic carboxylic acids is 1. The minimum atomic E-state index is -3.83. The molecule has 3 nitrogen and oxygen atoms in total. The molecule has 0 unspecified atom stereocenters. The van der Waals surface area contributed by atoms with Crippen molar-refractivity contribution < 1.29 is 23.8 Å². The van der Waals surface area contributed by atoms with E-state index in [1.54, 1.807) is 6.07 Å². The second-order valence-corrected chi connectivity index (χ2v) is 3.05. The van der Waals surface area contributed by atoms with Gasteiger partial charge in [0.2, 0.25) is 0 Å². The van der Waals surface area contributed by atoms with Gasteiger partial charge in [-0.25, -0.2) is 4.79 Å². The summed E-state index contributed by atoms with van der Waals surface area (Å²) in [5, 5.41) is 16.7. The third-order valence-electron chi connectivity index (χ3n) is 1.72. The summed E-state index contributed by atoms with van der Waals surface area (Å²) in [6.45, 7) is 0. The topological polar surface area (TPSA) is 57.5 Å². The predicted octanol–water partition coefficient (Wildman–Crippen LogP) is 1.25. The average Bonchev–Trinajstić information content (AvgIpc) is 2.14. The van der Waals surface area contributed by atoms with E-state index in [0.29, 0.717) is 0 Å². The number of carboxylic acid groups (broad SMARTS) is 1. The Bertz CT molecular complexity index is 452. The van der Waals surface area contributed by atoms with Crippen LogP contribution < -0.4 is 0 Å². The molecule has 0 fully saturated rings. The van der Waals surface area contributed by atoms with Crippen molar-refractivity contribution in [3.63, 3.8) is 0 Å². The van der Waals surface area contributed by atoms with Gasteiger partial charge in [0.25, 0.3) is 0 Å². The minimum absolute atomic E-state index is 0.101. The highest BCUT2D eigenvalue weighted by Gasteiger charge is 2.25. The van der Waals surface area contributed by atoms with E-state index in [1.807, 2.05) is 5.92 Å². The molecule has 0 heterocycles. The van der Waals surface area contributed by atoms with Gasteiger partial charge in [-0.15, -0.1) is 0 Å². The lowest BCUT2D eigenvalue weighted by Crippen LogP contribution is -2.18. The van der Waals surface area contributed by atoms with Crippen LogP contribution in [-0.2, 0) is 11.2 Å². The Balaban J connectivity index is 3.03. The lowest BCUT2D eigenvalue weighted by Gasteiger charge is -2.09. The average molecular weight is 226 g/mol. The number of carbonyl (C=O) groups is 1. The fourth-order valence-corrected chi connectivity index (χ4v) is 1.15. The van der Waals surface area contributed by atoms with Crippen LogP contribution in [0.5, 0.6) is 0 Å². The van der Waals surface area contributed by atoms with Crippen molar-refractivity contribution in [3.8, 4) is 11.8 Å². The second-order valence-electron chi connectivity index (χ2n) is 3.05. The first-order valence-corrected chi connectivity index (χ1v) is 4.31. The SMILES string of the molecule is O=C(O)C#Cc1ccccc1CC(O)(F)F. The Labute approximate surface area is 90.3 Å². The highest BCUT2D eigenvalue weighted by atomic mass is 19.3. The highest BCUT2D eigenvalue weighted by molar-refractivity contribution is 5.87. The molecule has 1 aromatic rings. The quantitative estimate of drug-likeness (QED) is 0.746. The van der Waals surface area contributed by atoms with Gasteiger partial charge in [-0.3, -0.25) is 0 Å². The molecule has 0 aliphatic carbocycles. The molecular formula is C11H8F2O3. The molecule has 0 radical (unpaired) electrons. The van der Waals surface area contributed by atoms with Crippen LogP contribution in [0.4, 0.5) is 8.78 Å². The van der Waals surface area contributed by atoms with Crippen LogP contribution >= 0.6 is 0 Å². The molecule has 0 spiro atoms. The summed E-state index contributed by atoms with van der Waals surface area (Å²) in [6.07, 6.45) is -4.72. The second kappa shape index (κ2) is 4.73. The molecule has 5 heteroatoms. The van der Waals surface area contributed by atoms with Gasteiger partial charge < -0.3 is 10.2 Å². The van der Waals surface area contributed by atoms with Crippen LogP contribution in [0.1, 0.15) is 11.1 Å². The molecule has 0 amide bonds. The highest BCUT2D eigenvalue weighted by Crippen LogP contribution is 2.18. The summed E-state index contributed by atoms with van der Waals surface area (Å²) < 4.78 is 24.8. The number of alkyl halides is 2. The van der Waals surface area contributed by atoms with E-state index in [2.05, 4.69) is 5.92 Å². The minimum Gasteiger partial charge on any atom is -0.472 e. The van der Waals surface area contributed by atoms with Crippen LogP contribution in [0, 0.1) is 11.8 Å². The zero-order valence-electron chi connectivity index (χ0n) is 8.08. The summed E-state index contributed by atoms with van der Waals surface area (Å²) in [4.78, 5) is 10.2. The molecule has 0 aliphatic rings. The normalized spacial score (nSPS) is 10.4. The number of carboxylic acids is 1. The molecule has 0 saturated carbocycles. The van der Waals surface area contributed by atoms with Gasteiger partial charge in [-0.05, 0) is 11.6 Å². The van der Waals surface area contributed by atoms with Gasteiger partial charge >= 0.3 is 12.1 Å². The zero-order chi connectivity index (χ0) is 12.2. The van der Waals surface area contributed by atoms with E-state index in [4.69, 9.17) is 10.2 Å². The van der Waals surface area contributed by atoms with Crippen molar-refractivity contribution in [1.82, 2.24) is 0 Å². The number of hydrogen-bond acceptors (Lipinski definition) is 2. The number of aliphatic hydroxyl groups is 1. The first kappa shape index (κ1) is 12.1. The Hall–Kier alpha value is -1.93. The summed E-state index contributed by atoms with van der Waals surface area (Å²) >= 11 is 0. The van der Waals surface area contributed by atoms with Crippen LogP contribution in [0.2, 0.25) is 0 Å². The monoisotopic (exact) mass is 226 g/mol. The first-order valence-electron chi connectivity index (χ1n) is 4.31. The Morgan fingerprint density at radius 1 is 1.38 bits per heavy atom. The molecule has 0 saturated heterocycles. The maximum absolute atomic E-state index is 12.4. The maximum Gasteiger partial charge on any atom is 0.382 e. The molecular weight excluding hydrogens is 218 g/mol. The van der Waals surface area contributed by atoms with Crippen molar-refractivity contribution in [2.75, 3.05) is 0 Å². The van der Waals surface area contributed by atoms with Crippen molar-refractivity contribution in [2.24, 2.45) is 0 Å². The Morgan fingerprint density at radius 2 is 2.00 bits per heavy atom. The van der Waals surface area contributed by atoms with Crippen molar-refractivity contribution >= 4 is 5.97 Å².